The van der Waals surface area contributed by atoms with Crippen molar-refractivity contribution in [2.24, 2.45) is 5.84 Å². The van der Waals surface area contributed by atoms with E-state index in [0.29, 0.717) is 11.6 Å². The molecule has 1 rings (SSSR count). The monoisotopic (exact) mass is 288 g/mol. The van der Waals surface area contributed by atoms with Crippen LogP contribution in [0.5, 0.6) is 0 Å². The molecule has 19 heavy (non-hydrogen) atoms. The highest BCUT2D eigenvalue weighted by molar-refractivity contribution is 7.89. The first-order valence-corrected chi connectivity index (χ1v) is 7.64. The van der Waals surface area contributed by atoms with Crippen molar-refractivity contribution >= 4 is 21.7 Å². The topological polar surface area (TPSA) is 122 Å². The molecule has 5 N–H and O–H groups in total. The molecule has 0 spiro atoms. The fourth-order valence-corrected chi connectivity index (χ4v) is 2.16. The van der Waals surface area contributed by atoms with Crippen molar-refractivity contribution in [1.82, 2.24) is 14.7 Å². The number of nitrogens with two attached hydrogens (primary N) is 1. The van der Waals surface area contributed by atoms with Gasteiger partial charge < -0.3 is 10.7 Å². The third-order valence-corrected chi connectivity index (χ3v) is 3.92. The number of nitrogen functional groups attached to an aromatic ring is 1. The zero-order valence-corrected chi connectivity index (χ0v) is 11.9. The van der Waals surface area contributed by atoms with Crippen molar-refractivity contribution in [3.05, 3.63) is 11.9 Å². The van der Waals surface area contributed by atoms with Crippen molar-refractivity contribution < 1.29 is 8.42 Å². The average molecular weight is 288 g/mol. The molecule has 0 saturated heterocycles. The van der Waals surface area contributed by atoms with Crippen LogP contribution in [-0.2, 0) is 16.4 Å². The van der Waals surface area contributed by atoms with Crippen LogP contribution >= 0.6 is 0 Å². The largest absolute Gasteiger partial charge is 0.369 e. The summed E-state index contributed by atoms with van der Waals surface area (Å²) in [4.78, 5) is 8.15. The molecular formula is C10H20N6O2S. The number of hydrogen-bond acceptors (Lipinski definition) is 7. The van der Waals surface area contributed by atoms with E-state index in [4.69, 9.17) is 5.84 Å². The van der Waals surface area contributed by atoms with Crippen LogP contribution in [0.4, 0.5) is 11.6 Å². The van der Waals surface area contributed by atoms with Gasteiger partial charge >= 0.3 is 0 Å². The van der Waals surface area contributed by atoms with Crippen LogP contribution < -0.4 is 21.3 Å². The van der Waals surface area contributed by atoms with E-state index >= 15 is 0 Å². The summed E-state index contributed by atoms with van der Waals surface area (Å²) in [5, 5.41) is 3.00. The molecule has 0 aliphatic heterocycles. The van der Waals surface area contributed by atoms with Gasteiger partial charge in [-0.15, -0.1) is 0 Å². The maximum absolute atomic E-state index is 11.3. The number of nitrogens with zero attached hydrogens (tertiary/aromatic N) is 2. The maximum atomic E-state index is 11.3. The fourth-order valence-electron chi connectivity index (χ4n) is 1.58. The van der Waals surface area contributed by atoms with Crippen molar-refractivity contribution in [3.8, 4) is 0 Å². The van der Waals surface area contributed by atoms with E-state index in [1.165, 1.54) is 13.4 Å². The van der Waals surface area contributed by atoms with E-state index in [1.54, 1.807) is 0 Å². The normalized spacial score (nSPS) is 11.3. The average Bonchev–Trinajstić information content (AvgIpc) is 2.40. The summed E-state index contributed by atoms with van der Waals surface area (Å²) in [6.45, 7) is 2.30. The van der Waals surface area contributed by atoms with Crippen LogP contribution in [-0.4, -0.2) is 37.7 Å². The molecule has 0 atom stereocenters. The van der Waals surface area contributed by atoms with Gasteiger partial charge in [-0.3, -0.25) is 0 Å². The number of rotatable bonds is 8. The summed E-state index contributed by atoms with van der Waals surface area (Å²) in [5.41, 5.74) is 3.37. The van der Waals surface area contributed by atoms with E-state index in [0.717, 1.165) is 18.4 Å². The van der Waals surface area contributed by atoms with Gasteiger partial charge in [0.15, 0.2) is 0 Å². The highest BCUT2D eigenvalue weighted by Crippen LogP contribution is 2.20. The van der Waals surface area contributed by atoms with Crippen molar-refractivity contribution in [3.63, 3.8) is 0 Å². The summed E-state index contributed by atoms with van der Waals surface area (Å²) in [6.07, 6.45) is 3.04. The molecule has 8 nitrogen and oxygen atoms in total. The Labute approximate surface area is 113 Å². The van der Waals surface area contributed by atoms with Crippen LogP contribution in [0, 0.1) is 0 Å². The highest BCUT2D eigenvalue weighted by Gasteiger charge is 2.11. The number of nitrogens with one attached hydrogen (secondary N) is 3. The minimum atomic E-state index is -3.23. The van der Waals surface area contributed by atoms with E-state index < -0.39 is 10.0 Å². The Balaban J connectivity index is 2.77. The van der Waals surface area contributed by atoms with Gasteiger partial charge in [-0.25, -0.2) is 29.0 Å². The summed E-state index contributed by atoms with van der Waals surface area (Å²) in [7, 11) is -1.84. The Morgan fingerprint density at radius 2 is 2.00 bits per heavy atom. The Bertz CT molecular complexity index is 505. The maximum Gasteiger partial charge on any atom is 0.213 e. The third kappa shape index (κ3) is 4.62. The SMILES string of the molecule is CCCc1c(NN)ncnc1NCCS(=O)(=O)NC. The lowest BCUT2D eigenvalue weighted by molar-refractivity contribution is 0.588. The second-order valence-corrected chi connectivity index (χ2v) is 5.94. The van der Waals surface area contributed by atoms with Crippen LogP contribution in [0.3, 0.4) is 0 Å². The van der Waals surface area contributed by atoms with Gasteiger partial charge in [-0.05, 0) is 13.5 Å². The number of hydrazine groups is 1. The molecule has 1 aromatic rings. The Hall–Kier alpha value is -1.45. The zero-order chi connectivity index (χ0) is 14.3. The molecule has 0 radical (unpaired) electrons. The van der Waals surface area contributed by atoms with Gasteiger partial charge in [0.2, 0.25) is 10.0 Å². The lowest BCUT2D eigenvalue weighted by atomic mass is 10.1. The first kappa shape index (κ1) is 15.6. The minimum absolute atomic E-state index is 0.0234. The van der Waals surface area contributed by atoms with Crippen molar-refractivity contribution in [2.75, 3.05) is 30.1 Å². The van der Waals surface area contributed by atoms with E-state index in [-0.39, 0.29) is 12.3 Å². The lowest BCUT2D eigenvalue weighted by Gasteiger charge is -2.13. The number of sulfonamides is 1. The Kier molecular flexibility index (Phi) is 5.93. The van der Waals surface area contributed by atoms with Crippen molar-refractivity contribution in [1.29, 1.82) is 0 Å². The lowest BCUT2D eigenvalue weighted by Crippen LogP contribution is -2.26. The predicted molar refractivity (Wildman–Crippen MR) is 75.2 cm³/mol. The van der Waals surface area contributed by atoms with Crippen molar-refractivity contribution in [2.45, 2.75) is 19.8 Å². The van der Waals surface area contributed by atoms with E-state index in [2.05, 4.69) is 25.4 Å². The molecule has 9 heteroatoms. The van der Waals surface area contributed by atoms with Gasteiger partial charge in [0.1, 0.15) is 18.0 Å². The highest BCUT2D eigenvalue weighted by atomic mass is 32.2. The molecule has 0 saturated carbocycles. The Morgan fingerprint density at radius 3 is 2.58 bits per heavy atom. The van der Waals surface area contributed by atoms with Crippen LogP contribution in [0.2, 0.25) is 0 Å². The molecule has 1 aromatic heterocycles. The number of aromatic nitrogens is 2. The quantitative estimate of drug-likeness (QED) is 0.382. The van der Waals surface area contributed by atoms with Crippen LogP contribution in [0.1, 0.15) is 18.9 Å². The summed E-state index contributed by atoms with van der Waals surface area (Å²) >= 11 is 0. The molecule has 0 unspecified atom stereocenters. The molecular weight excluding hydrogens is 268 g/mol. The van der Waals surface area contributed by atoms with Crippen LogP contribution in [0.15, 0.2) is 6.33 Å². The molecule has 1 heterocycles. The number of hydrogen-bond donors (Lipinski definition) is 4. The fraction of sp³-hybridized carbons (Fsp3) is 0.600. The van der Waals surface area contributed by atoms with Gasteiger partial charge in [0.05, 0.1) is 5.75 Å². The summed E-state index contributed by atoms with van der Waals surface area (Å²) in [6, 6.07) is 0. The number of anilines is 2. The molecule has 108 valence electrons. The smallest absolute Gasteiger partial charge is 0.213 e. The molecule has 0 fully saturated rings. The molecule has 0 aliphatic rings. The molecule has 0 bridgehead atoms. The first-order valence-electron chi connectivity index (χ1n) is 5.99. The second-order valence-electron chi connectivity index (χ2n) is 3.89. The van der Waals surface area contributed by atoms with Gasteiger partial charge in [0, 0.05) is 12.1 Å². The third-order valence-electron chi connectivity index (χ3n) is 2.56. The first-order chi connectivity index (χ1) is 9.04. The van der Waals surface area contributed by atoms with Gasteiger partial charge in [-0.2, -0.15) is 0 Å². The second kappa shape index (κ2) is 7.22. The molecule has 0 amide bonds. The minimum Gasteiger partial charge on any atom is -0.369 e. The summed E-state index contributed by atoms with van der Waals surface area (Å²) in [5.74, 6) is 6.53. The van der Waals surface area contributed by atoms with Crippen LogP contribution in [0.25, 0.3) is 0 Å². The summed E-state index contributed by atoms with van der Waals surface area (Å²) < 4.78 is 24.9. The van der Waals surface area contributed by atoms with E-state index in [9.17, 15) is 8.42 Å². The van der Waals surface area contributed by atoms with Gasteiger partial charge in [-0.1, -0.05) is 13.3 Å². The van der Waals surface area contributed by atoms with E-state index in [1.807, 2.05) is 6.92 Å². The molecule has 0 aliphatic carbocycles. The standard InChI is InChI=1S/C10H20N6O2S/c1-3-4-8-9(14-7-15-10(8)16-11)13-5-6-19(17,18)12-2/h7,12H,3-6,11H2,1-2H3,(H2,13,14,15,16). The van der Waals surface area contributed by atoms with Gasteiger partial charge in [0.25, 0.3) is 0 Å². The Morgan fingerprint density at radius 1 is 1.32 bits per heavy atom. The zero-order valence-electron chi connectivity index (χ0n) is 11.1. The molecule has 0 aromatic carbocycles. The predicted octanol–water partition coefficient (Wildman–Crippen LogP) is -0.324.